The average Bonchev–Trinajstić information content (AvgIpc) is 2.86. The quantitative estimate of drug-likeness (QED) is 0.896. The van der Waals surface area contributed by atoms with Gasteiger partial charge in [-0.3, -0.25) is 0 Å². The Balaban J connectivity index is 2.25. The summed E-state index contributed by atoms with van der Waals surface area (Å²) in [5.41, 5.74) is 7.68. The van der Waals surface area contributed by atoms with Gasteiger partial charge in [0, 0.05) is 5.69 Å². The van der Waals surface area contributed by atoms with E-state index in [0.29, 0.717) is 23.3 Å². The molecule has 0 amide bonds. The van der Waals surface area contributed by atoms with E-state index in [-0.39, 0.29) is 6.04 Å². The average molecular weight is 246 g/mol. The Morgan fingerprint density at radius 2 is 2.11 bits per heavy atom. The predicted octanol–water partition coefficient (Wildman–Crippen LogP) is 2.49. The Bertz CT molecular complexity index is 523. The van der Waals surface area contributed by atoms with E-state index in [1.54, 1.807) is 0 Å². The van der Waals surface area contributed by atoms with Gasteiger partial charge in [-0.05, 0) is 25.0 Å². The van der Waals surface area contributed by atoms with Gasteiger partial charge in [0.2, 0.25) is 11.7 Å². The highest BCUT2D eigenvalue weighted by Crippen LogP contribution is 2.22. The van der Waals surface area contributed by atoms with Gasteiger partial charge in [0.25, 0.3) is 0 Å². The van der Waals surface area contributed by atoms with Crippen LogP contribution in [0.2, 0.25) is 0 Å². The number of hydrogen-bond acceptors (Lipinski definition) is 5. The first-order valence-electron chi connectivity index (χ1n) is 6.15. The van der Waals surface area contributed by atoms with E-state index >= 15 is 0 Å². The van der Waals surface area contributed by atoms with E-state index in [9.17, 15) is 0 Å². The molecule has 0 bridgehead atoms. The van der Waals surface area contributed by atoms with Crippen molar-refractivity contribution in [3.05, 3.63) is 29.8 Å². The molecular weight excluding hydrogens is 228 g/mol. The Kier molecular flexibility index (Phi) is 3.72. The third kappa shape index (κ3) is 2.56. The summed E-state index contributed by atoms with van der Waals surface area (Å²) in [6, 6.07) is 5.48. The number of nitrogens with zero attached hydrogens (tertiary/aromatic N) is 3. The summed E-state index contributed by atoms with van der Waals surface area (Å²) in [6.45, 7) is 6.08. The second-order valence-corrected chi connectivity index (χ2v) is 4.53. The summed E-state index contributed by atoms with van der Waals surface area (Å²) in [4.78, 5) is 8.68. The number of aromatic nitrogens is 3. The first kappa shape index (κ1) is 12.7. The first-order valence-corrected chi connectivity index (χ1v) is 6.15. The lowest BCUT2D eigenvalue weighted by molar-refractivity contribution is 0.312. The Morgan fingerprint density at radius 3 is 2.78 bits per heavy atom. The van der Waals surface area contributed by atoms with Crippen LogP contribution in [0.1, 0.15) is 37.9 Å². The van der Waals surface area contributed by atoms with Crippen molar-refractivity contribution in [2.75, 3.05) is 0 Å². The van der Waals surface area contributed by atoms with Crippen LogP contribution in [0, 0.1) is 12.8 Å². The highest BCUT2D eigenvalue weighted by molar-refractivity contribution is 5.48. The van der Waals surface area contributed by atoms with Crippen LogP contribution in [-0.2, 0) is 0 Å². The van der Waals surface area contributed by atoms with Crippen LogP contribution >= 0.6 is 0 Å². The van der Waals surface area contributed by atoms with Gasteiger partial charge in [0.1, 0.15) is 5.69 Å². The molecular formula is C13H18N4O. The SMILES string of the molecule is CCC(C)C(N)c1nc(-c2cccc(C)n2)no1. The molecule has 2 N–H and O–H groups in total. The third-order valence-electron chi connectivity index (χ3n) is 3.10. The topological polar surface area (TPSA) is 77.8 Å². The van der Waals surface area contributed by atoms with Crippen LogP contribution < -0.4 is 5.73 Å². The summed E-state index contributed by atoms with van der Waals surface area (Å²) >= 11 is 0. The van der Waals surface area contributed by atoms with Crippen molar-refractivity contribution in [3.8, 4) is 11.5 Å². The lowest BCUT2D eigenvalue weighted by Crippen LogP contribution is -2.18. The van der Waals surface area contributed by atoms with Crippen LogP contribution in [0.4, 0.5) is 0 Å². The molecule has 2 unspecified atom stereocenters. The van der Waals surface area contributed by atoms with E-state index in [1.165, 1.54) is 0 Å². The lowest BCUT2D eigenvalue weighted by atomic mass is 10.0. The zero-order chi connectivity index (χ0) is 13.1. The summed E-state index contributed by atoms with van der Waals surface area (Å²) in [6.07, 6.45) is 0.974. The first-order chi connectivity index (χ1) is 8.61. The molecule has 2 heterocycles. The molecule has 0 fully saturated rings. The van der Waals surface area contributed by atoms with Crippen molar-refractivity contribution in [2.45, 2.75) is 33.2 Å². The summed E-state index contributed by atoms with van der Waals surface area (Å²) in [5, 5.41) is 3.94. The fourth-order valence-electron chi connectivity index (χ4n) is 1.64. The Hall–Kier alpha value is -1.75. The number of rotatable bonds is 4. The molecule has 0 spiro atoms. The molecule has 0 saturated heterocycles. The normalized spacial score (nSPS) is 14.4. The molecule has 0 radical (unpaired) electrons. The minimum atomic E-state index is -0.221. The molecule has 2 aromatic rings. The van der Waals surface area contributed by atoms with Gasteiger partial charge in [-0.1, -0.05) is 31.5 Å². The van der Waals surface area contributed by atoms with Crippen LogP contribution in [0.5, 0.6) is 0 Å². The van der Waals surface area contributed by atoms with Gasteiger partial charge >= 0.3 is 0 Å². The van der Waals surface area contributed by atoms with Crippen molar-refractivity contribution in [3.63, 3.8) is 0 Å². The highest BCUT2D eigenvalue weighted by atomic mass is 16.5. The van der Waals surface area contributed by atoms with Crippen LogP contribution in [0.25, 0.3) is 11.5 Å². The second kappa shape index (κ2) is 5.27. The number of nitrogens with two attached hydrogens (primary N) is 1. The highest BCUT2D eigenvalue weighted by Gasteiger charge is 2.20. The standard InChI is InChI=1S/C13H18N4O/c1-4-8(2)11(14)13-16-12(17-18-13)10-7-5-6-9(3)15-10/h5-8,11H,4,14H2,1-3H3. The van der Waals surface area contributed by atoms with Crippen LogP contribution in [-0.4, -0.2) is 15.1 Å². The van der Waals surface area contributed by atoms with Crippen molar-refractivity contribution in [2.24, 2.45) is 11.7 Å². The van der Waals surface area contributed by atoms with Gasteiger partial charge in [0.15, 0.2) is 0 Å². The van der Waals surface area contributed by atoms with Gasteiger partial charge in [-0.2, -0.15) is 4.98 Å². The minimum Gasteiger partial charge on any atom is -0.337 e. The molecule has 0 aliphatic rings. The second-order valence-electron chi connectivity index (χ2n) is 4.53. The van der Waals surface area contributed by atoms with Gasteiger partial charge < -0.3 is 10.3 Å². The van der Waals surface area contributed by atoms with E-state index in [2.05, 4.69) is 29.0 Å². The molecule has 5 nitrogen and oxygen atoms in total. The molecule has 2 rings (SSSR count). The molecule has 0 aliphatic heterocycles. The molecule has 96 valence electrons. The summed E-state index contributed by atoms with van der Waals surface area (Å²) in [7, 11) is 0. The molecule has 2 aromatic heterocycles. The van der Waals surface area contributed by atoms with E-state index in [4.69, 9.17) is 10.3 Å². The van der Waals surface area contributed by atoms with Gasteiger partial charge in [-0.25, -0.2) is 4.98 Å². The number of hydrogen-bond donors (Lipinski definition) is 1. The lowest BCUT2D eigenvalue weighted by Gasteiger charge is -2.12. The monoisotopic (exact) mass is 246 g/mol. The van der Waals surface area contributed by atoms with Crippen LogP contribution in [0.15, 0.2) is 22.7 Å². The number of pyridine rings is 1. The maximum Gasteiger partial charge on any atom is 0.244 e. The molecule has 0 aliphatic carbocycles. The van der Waals surface area contributed by atoms with Crippen molar-refractivity contribution in [1.82, 2.24) is 15.1 Å². The maximum atomic E-state index is 6.05. The maximum absolute atomic E-state index is 6.05. The molecule has 0 saturated carbocycles. The molecule has 18 heavy (non-hydrogen) atoms. The smallest absolute Gasteiger partial charge is 0.244 e. The fraction of sp³-hybridized carbons (Fsp3) is 0.462. The molecule has 5 heteroatoms. The zero-order valence-electron chi connectivity index (χ0n) is 10.9. The summed E-state index contributed by atoms with van der Waals surface area (Å²) in [5.74, 6) is 1.28. The molecule has 2 atom stereocenters. The fourth-order valence-corrected chi connectivity index (χ4v) is 1.64. The van der Waals surface area contributed by atoms with E-state index in [1.807, 2.05) is 25.1 Å². The summed E-state index contributed by atoms with van der Waals surface area (Å²) < 4.78 is 5.22. The van der Waals surface area contributed by atoms with Gasteiger partial charge in [-0.15, -0.1) is 0 Å². The van der Waals surface area contributed by atoms with Crippen LogP contribution in [0.3, 0.4) is 0 Å². The minimum absolute atomic E-state index is 0.221. The largest absolute Gasteiger partial charge is 0.337 e. The third-order valence-corrected chi connectivity index (χ3v) is 3.10. The van der Waals surface area contributed by atoms with Crippen molar-refractivity contribution < 1.29 is 4.52 Å². The Morgan fingerprint density at radius 1 is 1.33 bits per heavy atom. The van der Waals surface area contributed by atoms with E-state index in [0.717, 1.165) is 12.1 Å². The van der Waals surface area contributed by atoms with Crippen molar-refractivity contribution in [1.29, 1.82) is 0 Å². The predicted molar refractivity (Wildman–Crippen MR) is 68.6 cm³/mol. The van der Waals surface area contributed by atoms with Crippen molar-refractivity contribution >= 4 is 0 Å². The van der Waals surface area contributed by atoms with E-state index < -0.39 is 0 Å². The van der Waals surface area contributed by atoms with Gasteiger partial charge in [0.05, 0.1) is 6.04 Å². The number of aryl methyl sites for hydroxylation is 1. The molecule has 0 aromatic carbocycles. The zero-order valence-corrected chi connectivity index (χ0v) is 10.9. The Labute approximate surface area is 106 Å².